The summed E-state index contributed by atoms with van der Waals surface area (Å²) < 4.78 is 5.92. The lowest BCUT2D eigenvalue weighted by Crippen LogP contribution is -2.31. The normalized spacial score (nSPS) is 13.4. The topological polar surface area (TPSA) is 81.7 Å². The molecule has 2 aromatic rings. The predicted octanol–water partition coefficient (Wildman–Crippen LogP) is 2.65. The number of aromatic nitrogens is 4. The van der Waals surface area contributed by atoms with E-state index in [2.05, 4.69) is 47.8 Å². The summed E-state index contributed by atoms with van der Waals surface area (Å²) in [6.07, 6.45) is 1.64. The summed E-state index contributed by atoms with van der Waals surface area (Å²) in [5.41, 5.74) is 4.60. The van der Waals surface area contributed by atoms with Crippen molar-refractivity contribution in [3.05, 3.63) is 27.5 Å². The molecule has 6 nitrogen and oxygen atoms in total. The number of nitrogens with two attached hydrogens (primary N) is 1. The first-order valence-electron chi connectivity index (χ1n) is 6.48. The van der Waals surface area contributed by atoms with Crippen LogP contribution in [0.15, 0.2) is 6.20 Å². The fourth-order valence-electron chi connectivity index (χ4n) is 2.12. The second-order valence-electron chi connectivity index (χ2n) is 5.19. The highest BCUT2D eigenvalue weighted by atomic mass is 35.5. The van der Waals surface area contributed by atoms with Gasteiger partial charge in [-0.1, -0.05) is 29.9 Å². The number of rotatable bonds is 5. The second-order valence-corrected chi connectivity index (χ2v) is 6.39. The third-order valence-corrected chi connectivity index (χ3v) is 4.16. The highest BCUT2D eigenvalue weighted by Crippen LogP contribution is 2.34. The molecule has 2 aromatic heterocycles. The van der Waals surface area contributed by atoms with E-state index in [0.29, 0.717) is 5.02 Å². The molecule has 0 aliphatic carbocycles. The summed E-state index contributed by atoms with van der Waals surface area (Å²) in [5, 5.41) is 9.11. The van der Waals surface area contributed by atoms with Crippen LogP contribution in [0.2, 0.25) is 5.02 Å². The molecule has 8 heteroatoms. The third-order valence-electron chi connectivity index (χ3n) is 3.07. The van der Waals surface area contributed by atoms with Crippen LogP contribution in [0.1, 0.15) is 62.0 Å². The number of halogens is 1. The summed E-state index contributed by atoms with van der Waals surface area (Å²) in [7, 11) is 0. The summed E-state index contributed by atoms with van der Waals surface area (Å²) in [6, 6.07) is -0.0680. The molecule has 0 bridgehead atoms. The van der Waals surface area contributed by atoms with Crippen LogP contribution in [0.25, 0.3) is 0 Å². The Hall–Kier alpha value is -1.02. The molecule has 1 unspecified atom stereocenters. The van der Waals surface area contributed by atoms with Crippen LogP contribution >= 0.6 is 23.1 Å². The smallest absolute Gasteiger partial charge is 0.102 e. The minimum atomic E-state index is -0.259. The summed E-state index contributed by atoms with van der Waals surface area (Å²) in [5.74, 6) is 6.04. The maximum atomic E-state index is 6.30. The van der Waals surface area contributed by atoms with Crippen LogP contribution in [0.5, 0.6) is 0 Å². The average Bonchev–Trinajstić information content (AvgIpc) is 2.99. The molecule has 110 valence electrons. The molecule has 0 fully saturated rings. The summed E-state index contributed by atoms with van der Waals surface area (Å²) >= 11 is 7.63. The lowest BCUT2D eigenvalue weighted by Gasteiger charge is -2.20. The number of nitrogens with zero attached hydrogens (tertiary/aromatic N) is 4. The van der Waals surface area contributed by atoms with Crippen molar-refractivity contribution < 1.29 is 0 Å². The molecular formula is C12H19ClN6S. The number of hydrogen-bond acceptors (Lipinski definition) is 6. The summed E-state index contributed by atoms with van der Waals surface area (Å²) in [4.78, 5) is 0.979. The van der Waals surface area contributed by atoms with Crippen LogP contribution in [-0.2, 0) is 0 Å². The summed E-state index contributed by atoms with van der Waals surface area (Å²) in [6.45, 7) is 8.26. The van der Waals surface area contributed by atoms with Crippen LogP contribution in [0, 0.1) is 0 Å². The Bertz CT molecular complexity index is 576. The van der Waals surface area contributed by atoms with E-state index in [4.69, 9.17) is 17.4 Å². The van der Waals surface area contributed by atoms with E-state index in [1.165, 1.54) is 11.5 Å². The quantitative estimate of drug-likeness (QED) is 0.655. The van der Waals surface area contributed by atoms with Crippen LogP contribution < -0.4 is 11.3 Å². The van der Waals surface area contributed by atoms with E-state index < -0.39 is 0 Å². The predicted molar refractivity (Wildman–Crippen MR) is 80.8 cm³/mol. The standard InChI is InChI=1S/C12H19ClN6S/c1-6(2)9-12(20-18-17-9)10(16-14)11-8(13)5-15-19(11)7(3)4/h5-7,10,16H,14H2,1-4H3. The number of nitrogens with one attached hydrogen (secondary N) is 1. The van der Waals surface area contributed by atoms with Crippen LogP contribution in [0.4, 0.5) is 0 Å². The molecule has 0 aromatic carbocycles. The van der Waals surface area contributed by atoms with Crippen molar-refractivity contribution in [1.82, 2.24) is 24.8 Å². The second kappa shape index (κ2) is 6.17. The Morgan fingerprint density at radius 2 is 2.05 bits per heavy atom. The molecule has 0 spiro atoms. The lowest BCUT2D eigenvalue weighted by atomic mass is 10.0. The van der Waals surface area contributed by atoms with Gasteiger partial charge in [-0.05, 0) is 31.3 Å². The minimum Gasteiger partial charge on any atom is -0.270 e. The fourth-order valence-corrected chi connectivity index (χ4v) is 3.23. The van der Waals surface area contributed by atoms with Crippen molar-refractivity contribution >= 4 is 23.1 Å². The zero-order chi connectivity index (χ0) is 14.9. The van der Waals surface area contributed by atoms with E-state index in [9.17, 15) is 0 Å². The van der Waals surface area contributed by atoms with Gasteiger partial charge in [0.25, 0.3) is 0 Å². The Morgan fingerprint density at radius 1 is 1.35 bits per heavy atom. The highest BCUT2D eigenvalue weighted by molar-refractivity contribution is 7.05. The molecule has 3 N–H and O–H groups in total. The molecule has 0 aliphatic rings. The lowest BCUT2D eigenvalue weighted by molar-refractivity contribution is 0.477. The SMILES string of the molecule is CC(C)c1nnsc1C(NN)c1c(Cl)cnn1C(C)C. The maximum absolute atomic E-state index is 6.30. The van der Waals surface area contributed by atoms with Crippen molar-refractivity contribution in [1.29, 1.82) is 0 Å². The fraction of sp³-hybridized carbons (Fsp3) is 0.583. The molecule has 0 amide bonds. The molecule has 0 aliphatic heterocycles. The van der Waals surface area contributed by atoms with Gasteiger partial charge in [-0.25, -0.2) is 5.43 Å². The Labute approximate surface area is 127 Å². The van der Waals surface area contributed by atoms with E-state index in [1.54, 1.807) is 6.20 Å². The first-order chi connectivity index (χ1) is 9.47. The zero-order valence-corrected chi connectivity index (χ0v) is 13.5. The number of hydrogen-bond donors (Lipinski definition) is 2. The highest BCUT2D eigenvalue weighted by Gasteiger charge is 2.27. The largest absolute Gasteiger partial charge is 0.270 e. The minimum absolute atomic E-state index is 0.191. The average molecular weight is 315 g/mol. The van der Waals surface area contributed by atoms with E-state index >= 15 is 0 Å². The van der Waals surface area contributed by atoms with Gasteiger partial charge in [0.2, 0.25) is 0 Å². The third kappa shape index (κ3) is 2.71. The van der Waals surface area contributed by atoms with Gasteiger partial charge in [-0.2, -0.15) is 5.10 Å². The van der Waals surface area contributed by atoms with Gasteiger partial charge in [0.15, 0.2) is 0 Å². The van der Waals surface area contributed by atoms with Gasteiger partial charge in [0.05, 0.1) is 27.5 Å². The van der Waals surface area contributed by atoms with E-state index in [1.807, 2.05) is 4.68 Å². The molecule has 2 heterocycles. The number of hydrazine groups is 1. The van der Waals surface area contributed by atoms with Gasteiger partial charge < -0.3 is 0 Å². The van der Waals surface area contributed by atoms with Gasteiger partial charge in [0, 0.05) is 6.04 Å². The molecule has 0 radical (unpaired) electrons. The molecule has 2 rings (SSSR count). The molecule has 1 atom stereocenters. The van der Waals surface area contributed by atoms with Crippen molar-refractivity contribution in [3.63, 3.8) is 0 Å². The van der Waals surface area contributed by atoms with Crippen LogP contribution in [-0.4, -0.2) is 19.4 Å². The van der Waals surface area contributed by atoms with Gasteiger partial charge in [0.1, 0.15) is 6.04 Å². The Morgan fingerprint density at radius 3 is 2.60 bits per heavy atom. The molecule has 0 saturated heterocycles. The Balaban J connectivity index is 2.53. The van der Waals surface area contributed by atoms with E-state index in [0.717, 1.165) is 16.3 Å². The molecule has 0 saturated carbocycles. The van der Waals surface area contributed by atoms with Crippen molar-refractivity contribution in [2.45, 2.75) is 45.7 Å². The van der Waals surface area contributed by atoms with Crippen molar-refractivity contribution in [3.8, 4) is 0 Å². The molecular weight excluding hydrogens is 296 g/mol. The first kappa shape index (κ1) is 15.4. The molecule has 20 heavy (non-hydrogen) atoms. The van der Waals surface area contributed by atoms with Gasteiger partial charge in [-0.3, -0.25) is 10.5 Å². The van der Waals surface area contributed by atoms with Gasteiger partial charge >= 0.3 is 0 Å². The zero-order valence-electron chi connectivity index (χ0n) is 12.0. The van der Waals surface area contributed by atoms with E-state index in [-0.39, 0.29) is 18.0 Å². The maximum Gasteiger partial charge on any atom is 0.102 e. The van der Waals surface area contributed by atoms with Crippen LogP contribution in [0.3, 0.4) is 0 Å². The Kier molecular flexibility index (Phi) is 4.74. The van der Waals surface area contributed by atoms with Crippen molar-refractivity contribution in [2.24, 2.45) is 5.84 Å². The van der Waals surface area contributed by atoms with Gasteiger partial charge in [-0.15, -0.1) is 5.10 Å². The monoisotopic (exact) mass is 314 g/mol. The van der Waals surface area contributed by atoms with Crippen molar-refractivity contribution in [2.75, 3.05) is 0 Å². The first-order valence-corrected chi connectivity index (χ1v) is 7.63.